The van der Waals surface area contributed by atoms with E-state index in [-0.39, 0.29) is 0 Å². The maximum Gasteiger partial charge on any atom is 0.132 e. The summed E-state index contributed by atoms with van der Waals surface area (Å²) in [7, 11) is 0. The lowest BCUT2D eigenvalue weighted by Gasteiger charge is -2.31. The van der Waals surface area contributed by atoms with Gasteiger partial charge in [0.25, 0.3) is 0 Å². The molecule has 0 radical (unpaired) electrons. The maximum atomic E-state index is 6.60. The average molecular weight is 411 g/mol. The fraction of sp³-hybridized carbons (Fsp3) is 0.333. The molecule has 1 aromatic heterocycles. The highest BCUT2D eigenvalue weighted by atomic mass is 15.1. The van der Waals surface area contributed by atoms with E-state index in [1.807, 2.05) is 36.5 Å². The highest BCUT2D eigenvalue weighted by molar-refractivity contribution is 5.74. The number of benzene rings is 2. The van der Waals surface area contributed by atoms with Gasteiger partial charge in [0, 0.05) is 43.4 Å². The van der Waals surface area contributed by atoms with E-state index in [1.54, 1.807) is 0 Å². The van der Waals surface area contributed by atoms with E-state index < -0.39 is 0 Å². The molecule has 4 nitrogen and oxygen atoms in total. The molecule has 0 bridgehead atoms. The fourth-order valence-corrected chi connectivity index (χ4v) is 4.40. The molecule has 4 rings (SSSR count). The van der Waals surface area contributed by atoms with Crippen LogP contribution in [0.15, 0.2) is 42.6 Å². The van der Waals surface area contributed by atoms with Crippen molar-refractivity contribution in [3.05, 3.63) is 81.9 Å². The third-order valence-corrected chi connectivity index (χ3v) is 6.26. The minimum atomic E-state index is 0.687. The van der Waals surface area contributed by atoms with Crippen LogP contribution < -0.4 is 10.6 Å². The third-order valence-electron chi connectivity index (χ3n) is 6.26. The number of hydrogen-bond acceptors (Lipinski definition) is 4. The quantitative estimate of drug-likeness (QED) is 0.484. The molecule has 0 amide bonds. The Bertz CT molecular complexity index is 1100. The zero-order chi connectivity index (χ0) is 21.8. The highest BCUT2D eigenvalue weighted by Crippen LogP contribution is 2.34. The summed E-state index contributed by atoms with van der Waals surface area (Å²) in [5.41, 5.74) is 15.5. The van der Waals surface area contributed by atoms with Crippen LogP contribution in [0.4, 0.5) is 11.4 Å². The van der Waals surface area contributed by atoms with Gasteiger partial charge in [-0.15, -0.1) is 6.42 Å². The number of piperidine rings is 1. The van der Waals surface area contributed by atoms with Gasteiger partial charge in [0.2, 0.25) is 0 Å². The molecule has 0 unspecified atom stereocenters. The van der Waals surface area contributed by atoms with Gasteiger partial charge in [-0.3, -0.25) is 0 Å². The molecule has 0 atom stereocenters. The van der Waals surface area contributed by atoms with Crippen molar-refractivity contribution in [1.29, 1.82) is 0 Å². The number of aryl methyl sites for hydroxylation is 1. The van der Waals surface area contributed by atoms with Crippen LogP contribution >= 0.6 is 0 Å². The topological polar surface area (TPSA) is 55.0 Å². The molecular formula is C27H30N4. The van der Waals surface area contributed by atoms with Crippen molar-refractivity contribution >= 4 is 11.4 Å². The van der Waals surface area contributed by atoms with Gasteiger partial charge in [0.1, 0.15) is 5.82 Å². The van der Waals surface area contributed by atoms with Gasteiger partial charge in [0.15, 0.2) is 0 Å². The minimum Gasteiger partial charge on any atom is -0.397 e. The van der Waals surface area contributed by atoms with Gasteiger partial charge in [-0.1, -0.05) is 18.1 Å². The Labute approximate surface area is 185 Å². The number of terminal acetylenes is 1. The first-order valence-electron chi connectivity index (χ1n) is 11.0. The van der Waals surface area contributed by atoms with Crippen LogP contribution in [-0.2, 0) is 12.8 Å². The lowest BCUT2D eigenvalue weighted by atomic mass is 9.94. The van der Waals surface area contributed by atoms with Gasteiger partial charge < -0.3 is 10.6 Å². The van der Waals surface area contributed by atoms with E-state index in [9.17, 15) is 0 Å². The van der Waals surface area contributed by atoms with Gasteiger partial charge in [-0.25, -0.2) is 9.97 Å². The first-order chi connectivity index (χ1) is 15.0. The van der Waals surface area contributed by atoms with Crippen LogP contribution in [0.3, 0.4) is 0 Å². The van der Waals surface area contributed by atoms with Gasteiger partial charge in [0.05, 0.1) is 11.4 Å². The Hall–Kier alpha value is -3.32. The second-order valence-electron chi connectivity index (χ2n) is 8.44. The second-order valence-corrected chi connectivity index (χ2v) is 8.44. The number of nitrogens with zero attached hydrogens (tertiary/aromatic N) is 3. The van der Waals surface area contributed by atoms with Gasteiger partial charge >= 0.3 is 0 Å². The van der Waals surface area contributed by atoms with Crippen molar-refractivity contribution in [1.82, 2.24) is 9.97 Å². The van der Waals surface area contributed by atoms with E-state index >= 15 is 0 Å². The second kappa shape index (κ2) is 9.22. The number of hydrogen-bond donors (Lipinski definition) is 1. The molecule has 1 aliphatic rings. The van der Waals surface area contributed by atoms with Crippen LogP contribution in [0.1, 0.15) is 58.6 Å². The molecule has 2 heterocycles. The van der Waals surface area contributed by atoms with Crippen molar-refractivity contribution < 1.29 is 0 Å². The summed E-state index contributed by atoms with van der Waals surface area (Å²) in [6.45, 7) is 6.52. The van der Waals surface area contributed by atoms with E-state index in [2.05, 4.69) is 35.7 Å². The highest BCUT2D eigenvalue weighted by Gasteiger charge is 2.18. The van der Waals surface area contributed by atoms with Crippen molar-refractivity contribution in [2.75, 3.05) is 23.7 Å². The summed E-state index contributed by atoms with van der Waals surface area (Å²) in [4.78, 5) is 11.7. The first kappa shape index (κ1) is 20.9. The Morgan fingerprint density at radius 3 is 2.48 bits per heavy atom. The fourth-order valence-electron chi connectivity index (χ4n) is 4.40. The first-order valence-corrected chi connectivity index (χ1v) is 11.0. The Kier molecular flexibility index (Phi) is 6.23. The lowest BCUT2D eigenvalue weighted by molar-refractivity contribution is 0.578. The molecule has 1 fully saturated rings. The van der Waals surface area contributed by atoms with Gasteiger partial charge in [-0.05, 0) is 79.6 Å². The molecule has 0 saturated carbocycles. The Balaban J connectivity index is 1.55. The SMILES string of the molecule is C#Cc1ccc(Cc2nccc(Cc3c(C)cc(N4CCCCC4)c(N)c3C)n2)cc1. The molecule has 158 valence electrons. The number of nitrogens with two attached hydrogens (primary N) is 1. The van der Waals surface area contributed by atoms with Crippen molar-refractivity contribution in [2.45, 2.75) is 46.0 Å². The molecule has 0 spiro atoms. The summed E-state index contributed by atoms with van der Waals surface area (Å²) in [5, 5.41) is 0. The summed E-state index contributed by atoms with van der Waals surface area (Å²) < 4.78 is 0. The normalized spacial score (nSPS) is 13.8. The van der Waals surface area contributed by atoms with E-state index in [4.69, 9.17) is 17.1 Å². The van der Waals surface area contributed by atoms with Crippen LogP contribution in [0.25, 0.3) is 0 Å². The van der Waals surface area contributed by atoms with Crippen LogP contribution in [-0.4, -0.2) is 23.1 Å². The van der Waals surface area contributed by atoms with E-state index in [1.165, 1.54) is 41.6 Å². The predicted molar refractivity (Wildman–Crippen MR) is 128 cm³/mol. The molecule has 0 aliphatic carbocycles. The molecule has 1 aliphatic heterocycles. The molecule has 3 aromatic rings. The van der Waals surface area contributed by atoms with Crippen molar-refractivity contribution in [3.8, 4) is 12.3 Å². The lowest BCUT2D eigenvalue weighted by Crippen LogP contribution is -2.30. The largest absolute Gasteiger partial charge is 0.397 e. The summed E-state index contributed by atoms with van der Waals surface area (Å²) in [6.07, 6.45) is 12.5. The monoisotopic (exact) mass is 410 g/mol. The molecular weight excluding hydrogens is 380 g/mol. The predicted octanol–water partition coefficient (Wildman–Crippen LogP) is 4.83. The standard InChI is InChI=1S/C27H30N4/c1-4-21-8-10-22(11-9-21)17-26-29-13-12-23(30-26)18-24-19(2)16-25(27(28)20(24)3)31-14-6-5-7-15-31/h1,8-13,16H,5-7,14-15,17-18,28H2,2-3H3. The molecule has 31 heavy (non-hydrogen) atoms. The smallest absolute Gasteiger partial charge is 0.132 e. The Morgan fingerprint density at radius 2 is 1.77 bits per heavy atom. The van der Waals surface area contributed by atoms with Crippen molar-refractivity contribution in [3.63, 3.8) is 0 Å². The third kappa shape index (κ3) is 4.72. The summed E-state index contributed by atoms with van der Waals surface area (Å²) in [6, 6.07) is 12.3. The van der Waals surface area contributed by atoms with Gasteiger partial charge in [-0.2, -0.15) is 0 Å². The van der Waals surface area contributed by atoms with Crippen LogP contribution in [0.5, 0.6) is 0 Å². The zero-order valence-corrected chi connectivity index (χ0v) is 18.5. The summed E-state index contributed by atoms with van der Waals surface area (Å²) >= 11 is 0. The van der Waals surface area contributed by atoms with Crippen molar-refractivity contribution in [2.24, 2.45) is 0 Å². The molecule has 2 aromatic carbocycles. The molecule has 2 N–H and O–H groups in total. The average Bonchev–Trinajstić information content (AvgIpc) is 2.80. The Morgan fingerprint density at radius 1 is 1.03 bits per heavy atom. The molecule has 4 heteroatoms. The number of aromatic nitrogens is 2. The van der Waals surface area contributed by atoms with E-state index in [0.29, 0.717) is 6.42 Å². The maximum absolute atomic E-state index is 6.60. The summed E-state index contributed by atoms with van der Waals surface area (Å²) in [5.74, 6) is 3.47. The molecule has 1 saturated heterocycles. The number of nitrogen functional groups attached to an aromatic ring is 1. The van der Waals surface area contributed by atoms with Crippen LogP contribution in [0.2, 0.25) is 0 Å². The number of rotatable bonds is 5. The van der Waals surface area contributed by atoms with Crippen LogP contribution in [0, 0.1) is 26.2 Å². The van der Waals surface area contributed by atoms with E-state index in [0.717, 1.165) is 47.8 Å². The minimum absolute atomic E-state index is 0.687. The number of anilines is 2. The zero-order valence-electron chi connectivity index (χ0n) is 18.5.